The molecule has 0 atom stereocenters. The molecule has 0 amide bonds. The molecule has 0 fully saturated rings. The first kappa shape index (κ1) is 8.48. The Morgan fingerprint density at radius 3 is 2.92 bits per heavy atom. The van der Waals surface area contributed by atoms with Crippen molar-refractivity contribution in [2.75, 3.05) is 7.11 Å². The summed E-state index contributed by atoms with van der Waals surface area (Å²) in [5.41, 5.74) is -0.373. The Bertz CT molecular complexity index is 278. The van der Waals surface area contributed by atoms with E-state index < -0.39 is 5.97 Å². The van der Waals surface area contributed by atoms with Gasteiger partial charge in [0.25, 0.3) is 0 Å². The maximum Gasteiger partial charge on any atom is 0.394 e. The number of furan rings is 1. The second-order valence-electron chi connectivity index (χ2n) is 1.89. The van der Waals surface area contributed by atoms with Crippen LogP contribution in [0.15, 0.2) is 22.8 Å². The van der Waals surface area contributed by atoms with Crippen LogP contribution in [0, 0.1) is 5.41 Å². The van der Waals surface area contributed by atoms with Gasteiger partial charge in [-0.25, -0.2) is 4.79 Å². The molecule has 5 nitrogen and oxygen atoms in total. The average Bonchev–Trinajstić information content (AvgIpc) is 2.55. The summed E-state index contributed by atoms with van der Waals surface area (Å²) in [7, 11) is 1.19. The van der Waals surface area contributed by atoms with Crippen molar-refractivity contribution in [1.82, 2.24) is 0 Å². The van der Waals surface area contributed by atoms with E-state index in [1.165, 1.54) is 19.4 Å². The second kappa shape index (κ2) is 3.68. The van der Waals surface area contributed by atoms with Gasteiger partial charge in [0.1, 0.15) is 0 Å². The fraction of sp³-hybridized carbons (Fsp3) is 0.143. The van der Waals surface area contributed by atoms with E-state index in [-0.39, 0.29) is 11.5 Å². The quantitative estimate of drug-likeness (QED) is 0.411. The lowest BCUT2D eigenvalue weighted by molar-refractivity contribution is -0.247. The number of hydrogen-bond acceptors (Lipinski definition) is 5. The van der Waals surface area contributed by atoms with Gasteiger partial charge in [-0.05, 0) is 12.1 Å². The van der Waals surface area contributed by atoms with Crippen LogP contribution in [0.4, 0.5) is 0 Å². The third-order valence-corrected chi connectivity index (χ3v) is 1.13. The molecule has 1 aromatic rings. The zero-order valence-electron chi connectivity index (χ0n) is 6.37. The van der Waals surface area contributed by atoms with Crippen LogP contribution in [0.3, 0.4) is 0 Å². The van der Waals surface area contributed by atoms with Gasteiger partial charge in [-0.1, -0.05) is 0 Å². The maximum atomic E-state index is 10.8. The fourth-order valence-electron chi connectivity index (χ4n) is 0.639. The van der Waals surface area contributed by atoms with Crippen LogP contribution in [-0.4, -0.2) is 18.8 Å². The first-order valence-electron chi connectivity index (χ1n) is 3.13. The number of nitrogens with one attached hydrogen (secondary N) is 1. The van der Waals surface area contributed by atoms with Crippen molar-refractivity contribution in [3.8, 4) is 0 Å². The molecule has 0 saturated heterocycles. The monoisotopic (exact) mass is 169 g/mol. The number of hydrogen-bond donors (Lipinski definition) is 1. The van der Waals surface area contributed by atoms with Gasteiger partial charge in [0.2, 0.25) is 0 Å². The summed E-state index contributed by atoms with van der Waals surface area (Å²) in [5, 5.41) is 7.21. The van der Waals surface area contributed by atoms with Crippen molar-refractivity contribution in [3.63, 3.8) is 0 Å². The molecule has 0 radical (unpaired) electrons. The molecule has 0 bridgehead atoms. The maximum absolute atomic E-state index is 10.8. The minimum absolute atomic E-state index is 0.150. The summed E-state index contributed by atoms with van der Waals surface area (Å²) < 4.78 is 4.78. The predicted octanol–water partition coefficient (Wildman–Crippen LogP) is 0.752. The molecule has 0 aromatic carbocycles. The molecule has 0 spiro atoms. The Balaban J connectivity index is 2.66. The molecular formula is C7H7NO4. The summed E-state index contributed by atoms with van der Waals surface area (Å²) in [6, 6.07) is 3.06. The van der Waals surface area contributed by atoms with Gasteiger partial charge in [-0.2, -0.15) is 4.89 Å². The Morgan fingerprint density at radius 2 is 2.42 bits per heavy atom. The molecule has 0 aliphatic heterocycles. The van der Waals surface area contributed by atoms with Gasteiger partial charge in [-0.3, -0.25) is 10.3 Å². The third-order valence-electron chi connectivity index (χ3n) is 1.13. The Hall–Kier alpha value is -1.62. The van der Waals surface area contributed by atoms with Crippen LogP contribution < -0.4 is 0 Å². The largest absolute Gasteiger partial charge is 0.462 e. The van der Waals surface area contributed by atoms with Gasteiger partial charge in [0, 0.05) is 0 Å². The fourth-order valence-corrected chi connectivity index (χ4v) is 0.639. The second-order valence-corrected chi connectivity index (χ2v) is 1.89. The molecule has 0 aliphatic carbocycles. The molecule has 0 aliphatic rings. The Morgan fingerprint density at radius 1 is 1.67 bits per heavy atom. The highest BCUT2D eigenvalue weighted by atomic mass is 17.2. The SMILES string of the molecule is COOC(=O)C(=N)c1ccco1. The summed E-state index contributed by atoms with van der Waals surface area (Å²) in [6.45, 7) is 0. The lowest BCUT2D eigenvalue weighted by atomic mass is 10.3. The average molecular weight is 169 g/mol. The number of carbonyl (C=O) groups excluding carboxylic acids is 1. The van der Waals surface area contributed by atoms with Gasteiger partial charge in [0.05, 0.1) is 13.4 Å². The molecule has 1 heterocycles. The van der Waals surface area contributed by atoms with E-state index in [1.54, 1.807) is 6.07 Å². The minimum atomic E-state index is -0.882. The van der Waals surface area contributed by atoms with E-state index >= 15 is 0 Å². The molecule has 0 saturated carbocycles. The van der Waals surface area contributed by atoms with Crippen molar-refractivity contribution in [1.29, 1.82) is 5.41 Å². The van der Waals surface area contributed by atoms with E-state index in [4.69, 9.17) is 9.83 Å². The highest BCUT2D eigenvalue weighted by Gasteiger charge is 2.16. The minimum Gasteiger partial charge on any atom is -0.462 e. The topological polar surface area (TPSA) is 72.5 Å². The van der Waals surface area contributed by atoms with Crippen LogP contribution in [0.25, 0.3) is 0 Å². The first-order valence-corrected chi connectivity index (χ1v) is 3.13. The van der Waals surface area contributed by atoms with E-state index in [1.807, 2.05) is 0 Å². The molecule has 5 heteroatoms. The van der Waals surface area contributed by atoms with Crippen molar-refractivity contribution in [2.45, 2.75) is 0 Å². The summed E-state index contributed by atoms with van der Waals surface area (Å²) in [4.78, 5) is 19.0. The highest BCUT2D eigenvalue weighted by Crippen LogP contribution is 2.02. The van der Waals surface area contributed by atoms with E-state index in [0.29, 0.717) is 0 Å². The molecule has 1 aromatic heterocycles. The van der Waals surface area contributed by atoms with Crippen LogP contribution >= 0.6 is 0 Å². The van der Waals surface area contributed by atoms with Crippen molar-refractivity contribution < 1.29 is 19.0 Å². The molecular weight excluding hydrogens is 162 g/mol. The Kier molecular flexibility index (Phi) is 2.60. The van der Waals surface area contributed by atoms with Crippen LogP contribution in [-0.2, 0) is 14.6 Å². The van der Waals surface area contributed by atoms with Crippen LogP contribution in [0.5, 0.6) is 0 Å². The lowest BCUT2D eigenvalue weighted by Crippen LogP contribution is -2.16. The normalized spacial score (nSPS) is 9.42. The zero-order valence-corrected chi connectivity index (χ0v) is 6.37. The predicted molar refractivity (Wildman–Crippen MR) is 38.6 cm³/mol. The van der Waals surface area contributed by atoms with Crippen molar-refractivity contribution in [3.05, 3.63) is 24.2 Å². The molecule has 12 heavy (non-hydrogen) atoms. The van der Waals surface area contributed by atoms with E-state index in [0.717, 1.165) is 0 Å². The summed E-state index contributed by atoms with van der Waals surface area (Å²) in [5.74, 6) is -0.732. The van der Waals surface area contributed by atoms with Crippen molar-refractivity contribution in [2.24, 2.45) is 0 Å². The summed E-state index contributed by atoms with van der Waals surface area (Å²) in [6.07, 6.45) is 1.37. The number of rotatable bonds is 3. The van der Waals surface area contributed by atoms with Gasteiger partial charge >= 0.3 is 5.97 Å². The summed E-state index contributed by atoms with van der Waals surface area (Å²) >= 11 is 0. The number of carbonyl (C=O) groups is 1. The van der Waals surface area contributed by atoms with Crippen LogP contribution in [0.1, 0.15) is 5.76 Å². The lowest BCUT2D eigenvalue weighted by Gasteiger charge is -1.97. The van der Waals surface area contributed by atoms with Gasteiger partial charge in [-0.15, -0.1) is 0 Å². The Labute approximate surface area is 68.3 Å². The van der Waals surface area contributed by atoms with E-state index in [9.17, 15) is 4.79 Å². The molecule has 1 N–H and O–H groups in total. The zero-order chi connectivity index (χ0) is 8.97. The van der Waals surface area contributed by atoms with E-state index in [2.05, 4.69) is 9.78 Å². The van der Waals surface area contributed by atoms with Crippen molar-refractivity contribution >= 4 is 11.7 Å². The first-order chi connectivity index (χ1) is 5.75. The molecule has 0 unspecified atom stereocenters. The highest BCUT2D eigenvalue weighted by molar-refractivity contribution is 6.40. The third kappa shape index (κ3) is 1.70. The van der Waals surface area contributed by atoms with Crippen LogP contribution in [0.2, 0.25) is 0 Å². The molecule has 1 rings (SSSR count). The standard InChI is InChI=1S/C7H7NO4/c1-10-12-7(9)6(8)5-3-2-4-11-5/h2-4,8H,1H3. The van der Waals surface area contributed by atoms with Gasteiger partial charge in [0.15, 0.2) is 11.5 Å². The molecule has 64 valence electrons. The smallest absolute Gasteiger partial charge is 0.394 e. The van der Waals surface area contributed by atoms with Gasteiger partial charge < -0.3 is 4.42 Å².